The summed E-state index contributed by atoms with van der Waals surface area (Å²) in [5.41, 5.74) is 6.57. The average Bonchev–Trinajstić information content (AvgIpc) is 2.47. The summed E-state index contributed by atoms with van der Waals surface area (Å²) < 4.78 is 24.7. The Morgan fingerprint density at radius 2 is 1.90 bits per heavy atom. The van der Waals surface area contributed by atoms with Crippen molar-refractivity contribution >= 4 is 15.9 Å². The lowest BCUT2D eigenvalue weighted by molar-refractivity contribution is 0.212. The Morgan fingerprint density at radius 1 is 1.20 bits per heavy atom. The highest BCUT2D eigenvalue weighted by molar-refractivity contribution is 9.10. The Balaban J connectivity index is 2.20. The molecule has 0 aliphatic carbocycles. The maximum absolute atomic E-state index is 12.9. The van der Waals surface area contributed by atoms with E-state index in [4.69, 9.17) is 15.2 Å². The molecule has 2 N–H and O–H groups in total. The average molecular weight is 340 g/mol. The quantitative estimate of drug-likeness (QED) is 0.903. The molecule has 0 heterocycles. The summed E-state index contributed by atoms with van der Waals surface area (Å²) >= 11 is 3.42. The highest BCUT2D eigenvalue weighted by atomic mass is 79.9. The SMILES string of the molecule is COc1ccc(OC(CN)c2ccc(F)cc2)c(Br)c1. The molecule has 0 saturated heterocycles. The van der Waals surface area contributed by atoms with Gasteiger partial charge in [0, 0.05) is 6.54 Å². The summed E-state index contributed by atoms with van der Waals surface area (Å²) in [5.74, 6) is 1.11. The zero-order chi connectivity index (χ0) is 14.5. The van der Waals surface area contributed by atoms with E-state index < -0.39 is 0 Å². The Kier molecular flexibility index (Phi) is 4.98. The van der Waals surface area contributed by atoms with Gasteiger partial charge in [-0.05, 0) is 51.8 Å². The van der Waals surface area contributed by atoms with Crippen LogP contribution in [-0.4, -0.2) is 13.7 Å². The lowest BCUT2D eigenvalue weighted by Gasteiger charge is -2.19. The number of ether oxygens (including phenoxy) is 2. The monoisotopic (exact) mass is 339 g/mol. The van der Waals surface area contributed by atoms with E-state index in [0.717, 1.165) is 15.8 Å². The molecule has 0 saturated carbocycles. The fraction of sp³-hybridized carbons (Fsp3) is 0.200. The van der Waals surface area contributed by atoms with Crippen LogP contribution >= 0.6 is 15.9 Å². The van der Waals surface area contributed by atoms with Crippen LogP contribution in [0, 0.1) is 5.82 Å². The third-order valence-electron chi connectivity index (χ3n) is 2.86. The van der Waals surface area contributed by atoms with Crippen molar-refractivity contribution in [3.05, 3.63) is 58.3 Å². The minimum atomic E-state index is -0.333. The largest absolute Gasteiger partial charge is 0.497 e. The third kappa shape index (κ3) is 3.49. The van der Waals surface area contributed by atoms with Crippen LogP contribution in [0.15, 0.2) is 46.9 Å². The van der Waals surface area contributed by atoms with Crippen LogP contribution < -0.4 is 15.2 Å². The molecule has 1 atom stereocenters. The van der Waals surface area contributed by atoms with Gasteiger partial charge in [0.25, 0.3) is 0 Å². The van der Waals surface area contributed by atoms with Gasteiger partial charge in [-0.1, -0.05) is 12.1 Å². The Bertz CT molecular complexity index is 575. The first kappa shape index (κ1) is 14.8. The Hall–Kier alpha value is -1.59. The number of methoxy groups -OCH3 is 1. The molecule has 2 aromatic rings. The molecule has 2 aromatic carbocycles. The highest BCUT2D eigenvalue weighted by Crippen LogP contribution is 2.32. The van der Waals surface area contributed by atoms with Crippen LogP contribution in [0.5, 0.6) is 11.5 Å². The Labute approximate surface area is 125 Å². The summed E-state index contributed by atoms with van der Waals surface area (Å²) in [7, 11) is 1.60. The summed E-state index contributed by atoms with van der Waals surface area (Å²) in [6.07, 6.45) is -0.333. The molecule has 0 bridgehead atoms. The molecule has 0 aliphatic rings. The molecule has 0 aromatic heterocycles. The van der Waals surface area contributed by atoms with Crippen molar-refractivity contribution in [2.45, 2.75) is 6.10 Å². The lowest BCUT2D eigenvalue weighted by atomic mass is 10.1. The number of hydrogen-bond acceptors (Lipinski definition) is 3. The van der Waals surface area contributed by atoms with Crippen molar-refractivity contribution in [2.75, 3.05) is 13.7 Å². The molecular weight excluding hydrogens is 325 g/mol. The lowest BCUT2D eigenvalue weighted by Crippen LogP contribution is -2.18. The van der Waals surface area contributed by atoms with Crippen LogP contribution in [0.1, 0.15) is 11.7 Å². The normalized spacial score (nSPS) is 12.0. The Morgan fingerprint density at radius 3 is 2.45 bits per heavy atom. The minimum absolute atomic E-state index is 0.282. The van der Waals surface area contributed by atoms with Crippen molar-refractivity contribution in [3.63, 3.8) is 0 Å². The molecule has 0 amide bonds. The first-order valence-corrected chi connectivity index (χ1v) is 6.89. The number of benzene rings is 2. The molecule has 5 heteroatoms. The van der Waals surface area contributed by atoms with Crippen LogP contribution in [0.3, 0.4) is 0 Å². The van der Waals surface area contributed by atoms with E-state index in [0.29, 0.717) is 12.3 Å². The van der Waals surface area contributed by atoms with Crippen LogP contribution in [0.2, 0.25) is 0 Å². The minimum Gasteiger partial charge on any atom is -0.497 e. The number of nitrogens with two attached hydrogens (primary N) is 1. The topological polar surface area (TPSA) is 44.5 Å². The van der Waals surface area contributed by atoms with Gasteiger partial charge in [0.2, 0.25) is 0 Å². The van der Waals surface area contributed by atoms with E-state index in [1.54, 1.807) is 31.4 Å². The molecule has 1 unspecified atom stereocenters. The fourth-order valence-corrected chi connectivity index (χ4v) is 2.24. The van der Waals surface area contributed by atoms with E-state index in [1.807, 2.05) is 6.07 Å². The number of halogens is 2. The van der Waals surface area contributed by atoms with Gasteiger partial charge in [0.1, 0.15) is 23.4 Å². The molecule has 2 rings (SSSR count). The number of hydrogen-bond donors (Lipinski definition) is 1. The van der Waals surface area contributed by atoms with Crippen molar-refractivity contribution in [1.82, 2.24) is 0 Å². The van der Waals surface area contributed by atoms with Crippen molar-refractivity contribution in [3.8, 4) is 11.5 Å². The number of rotatable bonds is 5. The van der Waals surface area contributed by atoms with Gasteiger partial charge >= 0.3 is 0 Å². The summed E-state index contributed by atoms with van der Waals surface area (Å²) in [6.45, 7) is 0.296. The van der Waals surface area contributed by atoms with Crippen molar-refractivity contribution in [2.24, 2.45) is 5.73 Å². The molecule has 0 fully saturated rings. The molecule has 106 valence electrons. The zero-order valence-electron chi connectivity index (χ0n) is 11.0. The second kappa shape index (κ2) is 6.72. The van der Waals surface area contributed by atoms with Crippen molar-refractivity contribution in [1.29, 1.82) is 0 Å². The maximum atomic E-state index is 12.9. The van der Waals surface area contributed by atoms with Gasteiger partial charge < -0.3 is 15.2 Å². The first-order chi connectivity index (χ1) is 9.63. The predicted octanol–water partition coefficient (Wildman–Crippen LogP) is 3.68. The smallest absolute Gasteiger partial charge is 0.136 e. The van der Waals surface area contributed by atoms with Gasteiger partial charge in [-0.25, -0.2) is 4.39 Å². The summed E-state index contributed by atoms with van der Waals surface area (Å²) in [5, 5.41) is 0. The van der Waals surface area contributed by atoms with Gasteiger partial charge in [-0.2, -0.15) is 0 Å². The van der Waals surface area contributed by atoms with Crippen LogP contribution in [0.25, 0.3) is 0 Å². The zero-order valence-corrected chi connectivity index (χ0v) is 12.6. The van der Waals surface area contributed by atoms with Gasteiger partial charge in [0.05, 0.1) is 11.6 Å². The van der Waals surface area contributed by atoms with Crippen molar-refractivity contribution < 1.29 is 13.9 Å². The maximum Gasteiger partial charge on any atom is 0.136 e. The van der Waals surface area contributed by atoms with E-state index in [-0.39, 0.29) is 11.9 Å². The van der Waals surface area contributed by atoms with Crippen LogP contribution in [-0.2, 0) is 0 Å². The molecule has 0 spiro atoms. The van der Waals surface area contributed by atoms with E-state index >= 15 is 0 Å². The molecule has 0 radical (unpaired) electrons. The van der Waals surface area contributed by atoms with E-state index in [1.165, 1.54) is 12.1 Å². The second-order valence-corrected chi connectivity index (χ2v) is 5.04. The second-order valence-electron chi connectivity index (χ2n) is 4.19. The third-order valence-corrected chi connectivity index (χ3v) is 3.48. The first-order valence-electron chi connectivity index (χ1n) is 6.09. The van der Waals surface area contributed by atoms with Gasteiger partial charge in [-0.3, -0.25) is 0 Å². The molecular formula is C15H15BrFNO2. The van der Waals surface area contributed by atoms with Crippen LogP contribution in [0.4, 0.5) is 4.39 Å². The summed E-state index contributed by atoms with van der Waals surface area (Å²) in [6, 6.07) is 11.5. The predicted molar refractivity (Wildman–Crippen MR) is 79.5 cm³/mol. The van der Waals surface area contributed by atoms with E-state index in [9.17, 15) is 4.39 Å². The highest BCUT2D eigenvalue weighted by Gasteiger charge is 2.13. The standard InChI is InChI=1S/C15H15BrFNO2/c1-19-12-6-7-14(13(16)8-12)20-15(9-18)10-2-4-11(17)5-3-10/h2-8,15H,9,18H2,1H3. The molecule has 3 nitrogen and oxygen atoms in total. The molecule has 20 heavy (non-hydrogen) atoms. The van der Waals surface area contributed by atoms with E-state index in [2.05, 4.69) is 15.9 Å². The van der Waals surface area contributed by atoms with Gasteiger partial charge in [0.15, 0.2) is 0 Å². The van der Waals surface area contributed by atoms with Gasteiger partial charge in [-0.15, -0.1) is 0 Å². The molecule has 0 aliphatic heterocycles. The fourth-order valence-electron chi connectivity index (χ4n) is 1.79. The summed E-state index contributed by atoms with van der Waals surface area (Å²) in [4.78, 5) is 0.